The summed E-state index contributed by atoms with van der Waals surface area (Å²) in [6.45, 7) is 2.01. The van der Waals surface area contributed by atoms with Crippen LogP contribution in [0.15, 0.2) is 24.3 Å². The maximum absolute atomic E-state index is 12.3. The Morgan fingerprint density at radius 3 is 2.71 bits per heavy atom. The second kappa shape index (κ2) is 5.31. The van der Waals surface area contributed by atoms with E-state index >= 15 is 0 Å². The van der Waals surface area contributed by atoms with Crippen molar-refractivity contribution in [3.05, 3.63) is 29.8 Å². The highest BCUT2D eigenvalue weighted by atomic mass is 16.2. The van der Waals surface area contributed by atoms with Crippen molar-refractivity contribution >= 4 is 23.3 Å². The zero-order valence-corrected chi connectivity index (χ0v) is 12.0. The van der Waals surface area contributed by atoms with E-state index in [9.17, 15) is 14.4 Å². The largest absolute Gasteiger partial charge is 0.339 e. The lowest BCUT2D eigenvalue weighted by atomic mass is 10.1. The number of likely N-dealkylation sites (tertiary alicyclic amines) is 1. The van der Waals surface area contributed by atoms with Crippen LogP contribution in [0, 0.1) is 5.92 Å². The standard InChI is InChI=1S/C16H18N2O3/c1-10(19)11-3-2-4-13(7-11)17-16(21)12-8-15(20)18(9-12)14-5-6-14/h2-4,7,12,14H,5-6,8-9H2,1H3,(H,17,21)/t12-/m0/s1. The summed E-state index contributed by atoms with van der Waals surface area (Å²) in [5.41, 5.74) is 1.17. The lowest BCUT2D eigenvalue weighted by molar-refractivity contribution is -0.128. The summed E-state index contributed by atoms with van der Waals surface area (Å²) >= 11 is 0. The van der Waals surface area contributed by atoms with Gasteiger partial charge in [0.05, 0.1) is 5.92 Å². The summed E-state index contributed by atoms with van der Waals surface area (Å²) in [6.07, 6.45) is 2.40. The lowest BCUT2D eigenvalue weighted by Crippen LogP contribution is -2.29. The number of carbonyl (C=O) groups excluding carboxylic acids is 3. The van der Waals surface area contributed by atoms with Crippen LogP contribution < -0.4 is 5.32 Å². The minimum Gasteiger partial charge on any atom is -0.339 e. The summed E-state index contributed by atoms with van der Waals surface area (Å²) in [6, 6.07) is 7.22. The van der Waals surface area contributed by atoms with Gasteiger partial charge in [-0.1, -0.05) is 12.1 Å². The van der Waals surface area contributed by atoms with Gasteiger partial charge in [-0.15, -0.1) is 0 Å². The highest BCUT2D eigenvalue weighted by molar-refractivity contribution is 5.99. The van der Waals surface area contributed by atoms with Gasteiger partial charge < -0.3 is 10.2 Å². The van der Waals surface area contributed by atoms with Gasteiger partial charge in [0.2, 0.25) is 11.8 Å². The number of nitrogens with one attached hydrogen (secondary N) is 1. The predicted molar refractivity (Wildman–Crippen MR) is 77.9 cm³/mol. The van der Waals surface area contributed by atoms with Crippen LogP contribution >= 0.6 is 0 Å². The first-order chi connectivity index (χ1) is 10.0. The summed E-state index contributed by atoms with van der Waals surface area (Å²) in [4.78, 5) is 37.3. The predicted octanol–water partition coefficient (Wildman–Crippen LogP) is 1.84. The Hall–Kier alpha value is -2.17. The SMILES string of the molecule is CC(=O)c1cccc(NC(=O)[C@H]2CC(=O)N(C3CC3)C2)c1. The summed E-state index contributed by atoms with van der Waals surface area (Å²) in [7, 11) is 0. The van der Waals surface area contributed by atoms with Gasteiger partial charge >= 0.3 is 0 Å². The minimum atomic E-state index is -0.293. The van der Waals surface area contributed by atoms with E-state index in [4.69, 9.17) is 0 Å². The van der Waals surface area contributed by atoms with E-state index in [2.05, 4.69) is 5.32 Å². The van der Waals surface area contributed by atoms with Crippen molar-refractivity contribution in [3.8, 4) is 0 Å². The minimum absolute atomic E-state index is 0.0398. The van der Waals surface area contributed by atoms with Gasteiger partial charge in [0.15, 0.2) is 5.78 Å². The van der Waals surface area contributed by atoms with E-state index in [0.717, 1.165) is 12.8 Å². The molecule has 1 saturated heterocycles. The molecule has 1 atom stereocenters. The second-order valence-electron chi connectivity index (χ2n) is 5.80. The molecule has 1 saturated carbocycles. The first-order valence-corrected chi connectivity index (χ1v) is 7.26. The molecule has 2 amide bonds. The molecule has 110 valence electrons. The van der Waals surface area contributed by atoms with Crippen LogP contribution in [-0.2, 0) is 9.59 Å². The van der Waals surface area contributed by atoms with Crippen molar-refractivity contribution in [2.24, 2.45) is 5.92 Å². The molecule has 5 heteroatoms. The molecule has 2 aliphatic rings. The van der Waals surface area contributed by atoms with Crippen LogP contribution in [0.1, 0.15) is 36.5 Å². The molecule has 1 heterocycles. The molecule has 3 rings (SSSR count). The fourth-order valence-electron chi connectivity index (χ4n) is 2.71. The van der Waals surface area contributed by atoms with Gasteiger partial charge in [-0.3, -0.25) is 14.4 Å². The molecule has 21 heavy (non-hydrogen) atoms. The normalized spacial score (nSPS) is 21.5. The number of carbonyl (C=O) groups is 3. The number of ketones is 1. The Morgan fingerprint density at radius 2 is 2.05 bits per heavy atom. The van der Waals surface area contributed by atoms with Crippen LogP contribution in [-0.4, -0.2) is 35.1 Å². The maximum Gasteiger partial charge on any atom is 0.229 e. The van der Waals surface area contributed by atoms with E-state index in [1.807, 2.05) is 4.90 Å². The molecular formula is C16H18N2O3. The van der Waals surface area contributed by atoms with Crippen LogP contribution in [0.5, 0.6) is 0 Å². The van der Waals surface area contributed by atoms with Gasteiger partial charge in [-0.05, 0) is 31.9 Å². The van der Waals surface area contributed by atoms with Crippen molar-refractivity contribution in [1.29, 1.82) is 0 Å². The highest BCUT2D eigenvalue weighted by Gasteiger charge is 2.41. The maximum atomic E-state index is 12.3. The Balaban J connectivity index is 1.65. The van der Waals surface area contributed by atoms with E-state index in [1.54, 1.807) is 24.3 Å². The molecular weight excluding hydrogens is 268 g/mol. The van der Waals surface area contributed by atoms with Crippen LogP contribution in [0.4, 0.5) is 5.69 Å². The average Bonchev–Trinajstić information content (AvgIpc) is 3.22. The third-order valence-electron chi connectivity index (χ3n) is 4.05. The quantitative estimate of drug-likeness (QED) is 0.859. The van der Waals surface area contributed by atoms with E-state index in [1.165, 1.54) is 6.92 Å². The first kappa shape index (κ1) is 13.8. The molecule has 0 bridgehead atoms. The zero-order chi connectivity index (χ0) is 15.0. The number of amides is 2. The van der Waals surface area contributed by atoms with Crippen LogP contribution in [0.3, 0.4) is 0 Å². The third kappa shape index (κ3) is 2.96. The number of Topliss-reactive ketones (excluding diaryl/α,β-unsaturated/α-hetero) is 1. The van der Waals surface area contributed by atoms with E-state index in [-0.39, 0.29) is 29.9 Å². The number of anilines is 1. The molecule has 1 N–H and O–H groups in total. The van der Waals surface area contributed by atoms with E-state index in [0.29, 0.717) is 23.8 Å². The second-order valence-corrected chi connectivity index (χ2v) is 5.80. The van der Waals surface area contributed by atoms with Crippen molar-refractivity contribution in [2.45, 2.75) is 32.2 Å². The number of hydrogen-bond donors (Lipinski definition) is 1. The van der Waals surface area contributed by atoms with Crippen molar-refractivity contribution < 1.29 is 14.4 Å². The molecule has 1 aromatic carbocycles. The molecule has 0 spiro atoms. The summed E-state index contributed by atoms with van der Waals surface area (Å²) in [5, 5.41) is 2.81. The number of nitrogens with zero attached hydrogens (tertiary/aromatic N) is 1. The molecule has 5 nitrogen and oxygen atoms in total. The Kier molecular flexibility index (Phi) is 3.49. The van der Waals surface area contributed by atoms with Crippen molar-refractivity contribution in [3.63, 3.8) is 0 Å². The fraction of sp³-hybridized carbons (Fsp3) is 0.438. The highest BCUT2D eigenvalue weighted by Crippen LogP contribution is 2.32. The fourth-order valence-corrected chi connectivity index (χ4v) is 2.71. The molecule has 1 aliphatic heterocycles. The topological polar surface area (TPSA) is 66.5 Å². The monoisotopic (exact) mass is 286 g/mol. The van der Waals surface area contributed by atoms with Gasteiger partial charge in [-0.2, -0.15) is 0 Å². The molecule has 0 radical (unpaired) electrons. The lowest BCUT2D eigenvalue weighted by Gasteiger charge is -2.15. The van der Waals surface area contributed by atoms with Gasteiger partial charge in [0, 0.05) is 30.3 Å². The first-order valence-electron chi connectivity index (χ1n) is 7.26. The van der Waals surface area contributed by atoms with Gasteiger partial charge in [0.25, 0.3) is 0 Å². The van der Waals surface area contributed by atoms with Crippen molar-refractivity contribution in [2.75, 3.05) is 11.9 Å². The molecule has 1 aromatic rings. The molecule has 2 fully saturated rings. The Morgan fingerprint density at radius 1 is 1.29 bits per heavy atom. The zero-order valence-electron chi connectivity index (χ0n) is 12.0. The summed E-state index contributed by atoms with van der Waals surface area (Å²) < 4.78 is 0. The molecule has 0 aromatic heterocycles. The Labute approximate surface area is 123 Å². The van der Waals surface area contributed by atoms with E-state index < -0.39 is 0 Å². The molecule has 1 aliphatic carbocycles. The average molecular weight is 286 g/mol. The summed E-state index contributed by atoms with van der Waals surface area (Å²) in [5.74, 6) is -0.400. The third-order valence-corrected chi connectivity index (χ3v) is 4.05. The number of hydrogen-bond acceptors (Lipinski definition) is 3. The van der Waals surface area contributed by atoms with Gasteiger partial charge in [0.1, 0.15) is 0 Å². The Bertz CT molecular complexity index is 607. The number of benzene rings is 1. The smallest absolute Gasteiger partial charge is 0.229 e. The number of rotatable bonds is 4. The molecule has 0 unspecified atom stereocenters. The van der Waals surface area contributed by atoms with Crippen LogP contribution in [0.25, 0.3) is 0 Å². The van der Waals surface area contributed by atoms with Crippen LogP contribution in [0.2, 0.25) is 0 Å². The van der Waals surface area contributed by atoms with Crippen molar-refractivity contribution in [1.82, 2.24) is 4.90 Å². The van der Waals surface area contributed by atoms with Gasteiger partial charge in [-0.25, -0.2) is 0 Å².